The molecular formula is C10H11N2O. The number of pyridine rings is 1. The molecule has 13 heavy (non-hydrogen) atoms. The summed E-state index contributed by atoms with van der Waals surface area (Å²) < 4.78 is 4.99. The lowest BCUT2D eigenvalue weighted by atomic mass is 9.91. The number of hydrogen-bond donors (Lipinski definition) is 0. The Morgan fingerprint density at radius 2 is 2.31 bits per heavy atom. The number of nitrogens with zero attached hydrogens (tertiary/aromatic N) is 2. The molecular weight excluding hydrogens is 164 g/mol. The quantitative estimate of drug-likeness (QED) is 0.687. The second-order valence-corrected chi connectivity index (χ2v) is 3.24. The van der Waals surface area contributed by atoms with Gasteiger partial charge in [-0.1, -0.05) is 0 Å². The third kappa shape index (κ3) is 1.97. The van der Waals surface area contributed by atoms with E-state index in [0.717, 1.165) is 0 Å². The summed E-state index contributed by atoms with van der Waals surface area (Å²) in [5.41, 5.74) is 0.119. The van der Waals surface area contributed by atoms with Crippen molar-refractivity contribution in [3.63, 3.8) is 0 Å². The zero-order valence-electron chi connectivity index (χ0n) is 7.96. The molecule has 0 unspecified atom stereocenters. The van der Waals surface area contributed by atoms with Gasteiger partial charge in [-0.2, -0.15) is 5.26 Å². The van der Waals surface area contributed by atoms with Crippen LogP contribution in [0.15, 0.2) is 12.3 Å². The molecule has 0 atom stereocenters. The highest BCUT2D eigenvalue weighted by atomic mass is 16.5. The Balaban J connectivity index is 3.10. The van der Waals surface area contributed by atoms with E-state index in [1.165, 1.54) is 6.20 Å². The predicted octanol–water partition coefficient (Wildman–Crippen LogP) is 1.69. The number of hydrogen-bond acceptors (Lipinski definition) is 3. The summed E-state index contributed by atoms with van der Waals surface area (Å²) in [6.45, 7) is 3.63. The molecule has 67 valence electrons. The molecule has 3 nitrogen and oxygen atoms in total. The van der Waals surface area contributed by atoms with Crippen LogP contribution in [0.2, 0.25) is 0 Å². The first-order valence-electron chi connectivity index (χ1n) is 3.93. The van der Waals surface area contributed by atoms with Crippen LogP contribution in [-0.4, -0.2) is 12.1 Å². The van der Waals surface area contributed by atoms with Crippen LogP contribution in [0.1, 0.15) is 19.5 Å². The van der Waals surface area contributed by atoms with Crippen LogP contribution >= 0.6 is 0 Å². The molecule has 1 heterocycles. The van der Waals surface area contributed by atoms with E-state index in [1.54, 1.807) is 13.2 Å². The van der Waals surface area contributed by atoms with Crippen molar-refractivity contribution in [2.75, 3.05) is 7.11 Å². The molecule has 0 amide bonds. The highest BCUT2D eigenvalue weighted by molar-refractivity contribution is 5.29. The van der Waals surface area contributed by atoms with E-state index < -0.39 is 5.41 Å². The second-order valence-electron chi connectivity index (χ2n) is 3.24. The van der Waals surface area contributed by atoms with Gasteiger partial charge in [-0.25, -0.2) is 0 Å². The zero-order valence-corrected chi connectivity index (χ0v) is 7.96. The Kier molecular flexibility index (Phi) is 2.52. The Hall–Kier alpha value is -1.56. The third-order valence-corrected chi connectivity index (χ3v) is 1.82. The van der Waals surface area contributed by atoms with E-state index in [4.69, 9.17) is 10.00 Å². The van der Waals surface area contributed by atoms with Crippen LogP contribution in [0.25, 0.3) is 0 Å². The first kappa shape index (κ1) is 9.53. The van der Waals surface area contributed by atoms with Crippen molar-refractivity contribution in [2.24, 2.45) is 0 Å². The van der Waals surface area contributed by atoms with Gasteiger partial charge in [-0.15, -0.1) is 0 Å². The van der Waals surface area contributed by atoms with Gasteiger partial charge in [0, 0.05) is 18.3 Å². The van der Waals surface area contributed by atoms with Crippen LogP contribution in [-0.2, 0) is 5.41 Å². The van der Waals surface area contributed by atoms with Crippen molar-refractivity contribution in [3.05, 3.63) is 24.0 Å². The maximum atomic E-state index is 8.87. The van der Waals surface area contributed by atoms with Crippen molar-refractivity contribution >= 4 is 0 Å². The van der Waals surface area contributed by atoms with Gasteiger partial charge in [0.1, 0.15) is 5.75 Å². The van der Waals surface area contributed by atoms with Crippen molar-refractivity contribution in [1.29, 1.82) is 5.26 Å². The molecule has 0 N–H and O–H groups in total. The topological polar surface area (TPSA) is 45.9 Å². The van der Waals surface area contributed by atoms with E-state index in [2.05, 4.69) is 17.1 Å². The molecule has 1 aromatic heterocycles. The minimum Gasteiger partial charge on any atom is -0.496 e. The lowest BCUT2D eigenvalue weighted by molar-refractivity contribution is 0.411. The average molecular weight is 175 g/mol. The van der Waals surface area contributed by atoms with Crippen LogP contribution < -0.4 is 4.74 Å². The standard InChI is InChI=1S/C10H11N2O/c1-10(2,7-11)9-6-8(13-3)4-5-12-9/h5-6H,1-3H3. The summed E-state index contributed by atoms with van der Waals surface area (Å²) in [6, 6.07) is 6.71. The molecule has 1 aromatic rings. The van der Waals surface area contributed by atoms with Crippen molar-refractivity contribution in [2.45, 2.75) is 19.3 Å². The summed E-state index contributed by atoms with van der Waals surface area (Å²) in [5, 5.41) is 8.87. The van der Waals surface area contributed by atoms with E-state index >= 15 is 0 Å². The molecule has 0 fully saturated rings. The zero-order chi connectivity index (χ0) is 9.90. The molecule has 0 saturated heterocycles. The van der Waals surface area contributed by atoms with Gasteiger partial charge in [0.05, 0.1) is 24.3 Å². The maximum absolute atomic E-state index is 8.87. The fraction of sp³-hybridized carbons (Fsp3) is 0.400. The van der Waals surface area contributed by atoms with Crippen molar-refractivity contribution < 1.29 is 4.74 Å². The van der Waals surface area contributed by atoms with E-state index in [9.17, 15) is 0 Å². The number of ether oxygens (including phenoxy) is 1. The highest BCUT2D eigenvalue weighted by Gasteiger charge is 2.21. The number of methoxy groups -OCH3 is 1. The number of rotatable bonds is 2. The summed E-state index contributed by atoms with van der Waals surface area (Å²) >= 11 is 0. The van der Waals surface area contributed by atoms with Gasteiger partial charge < -0.3 is 4.74 Å². The fourth-order valence-electron chi connectivity index (χ4n) is 0.885. The summed E-state index contributed by atoms with van der Waals surface area (Å²) in [6.07, 6.45) is 1.52. The SMILES string of the molecule is COc1[c]cnc(C(C)(C)C#N)c1. The maximum Gasteiger partial charge on any atom is 0.130 e. The predicted molar refractivity (Wildman–Crippen MR) is 48.3 cm³/mol. The van der Waals surface area contributed by atoms with Gasteiger partial charge in [-0.3, -0.25) is 4.98 Å². The van der Waals surface area contributed by atoms with Crippen molar-refractivity contribution in [3.8, 4) is 11.8 Å². The lowest BCUT2D eigenvalue weighted by Gasteiger charge is -2.14. The van der Waals surface area contributed by atoms with Gasteiger partial charge >= 0.3 is 0 Å². The summed E-state index contributed by atoms with van der Waals surface area (Å²) in [7, 11) is 1.56. The Morgan fingerprint density at radius 3 is 2.85 bits per heavy atom. The average Bonchev–Trinajstić information content (AvgIpc) is 2.18. The van der Waals surface area contributed by atoms with Crippen molar-refractivity contribution in [1.82, 2.24) is 4.98 Å². The highest BCUT2D eigenvalue weighted by Crippen LogP contribution is 2.22. The Labute approximate surface area is 78.0 Å². The molecule has 0 spiro atoms. The number of aromatic nitrogens is 1. The minimum absolute atomic E-state index is 0.581. The Morgan fingerprint density at radius 1 is 1.62 bits per heavy atom. The first-order chi connectivity index (χ1) is 6.10. The lowest BCUT2D eigenvalue weighted by Crippen LogP contribution is -2.15. The summed E-state index contributed by atoms with van der Waals surface area (Å²) in [5.74, 6) is 0.605. The molecule has 0 bridgehead atoms. The first-order valence-corrected chi connectivity index (χ1v) is 3.93. The van der Waals surface area contributed by atoms with Gasteiger partial charge in [0.2, 0.25) is 0 Å². The van der Waals surface area contributed by atoms with E-state index in [-0.39, 0.29) is 0 Å². The molecule has 0 aromatic carbocycles. The molecule has 3 heteroatoms. The number of nitriles is 1. The van der Waals surface area contributed by atoms with Gasteiger partial charge in [0.25, 0.3) is 0 Å². The van der Waals surface area contributed by atoms with E-state index in [1.807, 2.05) is 13.8 Å². The van der Waals surface area contributed by atoms with Gasteiger partial charge in [-0.05, 0) is 13.8 Å². The van der Waals surface area contributed by atoms with Crippen LogP contribution in [0.5, 0.6) is 5.75 Å². The molecule has 0 aliphatic carbocycles. The largest absolute Gasteiger partial charge is 0.496 e. The monoisotopic (exact) mass is 175 g/mol. The second kappa shape index (κ2) is 3.44. The molecule has 0 aliphatic rings. The van der Waals surface area contributed by atoms with Crippen LogP contribution in [0, 0.1) is 17.4 Å². The van der Waals surface area contributed by atoms with Crippen LogP contribution in [0.4, 0.5) is 0 Å². The molecule has 0 saturated carbocycles. The normalized spacial score (nSPS) is 10.6. The third-order valence-electron chi connectivity index (χ3n) is 1.82. The smallest absolute Gasteiger partial charge is 0.130 e. The van der Waals surface area contributed by atoms with Crippen LogP contribution in [0.3, 0.4) is 0 Å². The molecule has 0 aliphatic heterocycles. The van der Waals surface area contributed by atoms with E-state index in [0.29, 0.717) is 11.4 Å². The van der Waals surface area contributed by atoms with Gasteiger partial charge in [0.15, 0.2) is 0 Å². The fourth-order valence-corrected chi connectivity index (χ4v) is 0.885. The summed E-state index contributed by atoms with van der Waals surface area (Å²) in [4.78, 5) is 4.07. The molecule has 1 rings (SSSR count). The minimum atomic E-state index is -0.581. The molecule has 1 radical (unpaired) electrons. The Bertz CT molecular complexity index is 339.